The van der Waals surface area contributed by atoms with Crippen LogP contribution in [0.25, 0.3) is 11.0 Å². The molecule has 1 aromatic heterocycles. The number of para-hydroxylation sites is 1. The second kappa shape index (κ2) is 6.24. The van der Waals surface area contributed by atoms with Crippen molar-refractivity contribution in [1.29, 1.82) is 0 Å². The number of hydrogen-bond donors (Lipinski definition) is 0. The lowest BCUT2D eigenvalue weighted by Gasteiger charge is -2.09. The van der Waals surface area contributed by atoms with E-state index in [0.29, 0.717) is 6.02 Å². The van der Waals surface area contributed by atoms with Crippen molar-refractivity contribution in [2.24, 2.45) is 0 Å². The fraction of sp³-hybridized carbons (Fsp3) is 0.364. The van der Waals surface area contributed by atoms with Gasteiger partial charge in [0.2, 0.25) is 0 Å². The molecule has 0 amide bonds. The first kappa shape index (κ1) is 15.0. The van der Waals surface area contributed by atoms with Crippen LogP contribution in [0.3, 0.4) is 0 Å². The number of fused-ring (bicyclic) bond motifs is 1. The summed E-state index contributed by atoms with van der Waals surface area (Å²) in [5.74, 6) is 0. The van der Waals surface area contributed by atoms with Gasteiger partial charge in [0, 0.05) is 0 Å². The van der Waals surface area contributed by atoms with E-state index in [4.69, 9.17) is 9.88 Å². The number of rotatable bonds is 2. The van der Waals surface area contributed by atoms with E-state index in [2.05, 4.69) is 10.3 Å². The first-order chi connectivity index (χ1) is 8.59. The smallest absolute Gasteiger partial charge is 0.489 e. The Morgan fingerprint density at radius 1 is 1.26 bits per heavy atom. The maximum Gasteiger partial charge on any atom is 0.489 e. The highest BCUT2D eigenvalue weighted by Crippen LogP contribution is 2.08. The van der Waals surface area contributed by atoms with Gasteiger partial charge in [-0.2, -0.15) is 9.88 Å². The third-order valence-electron chi connectivity index (χ3n) is 2.27. The van der Waals surface area contributed by atoms with Crippen molar-refractivity contribution in [1.82, 2.24) is 20.1 Å². The van der Waals surface area contributed by atoms with E-state index in [1.54, 1.807) is 9.48 Å². The molecule has 1 heterocycles. The third-order valence-corrected chi connectivity index (χ3v) is 2.27. The van der Waals surface area contributed by atoms with Crippen LogP contribution >= 0.6 is 0 Å². The summed E-state index contributed by atoms with van der Waals surface area (Å²) in [6, 6.07) is 8.02. The molecule has 0 radical (unpaired) electrons. The molecule has 0 aliphatic carbocycles. The predicted molar refractivity (Wildman–Crippen MR) is 66.0 cm³/mol. The van der Waals surface area contributed by atoms with Gasteiger partial charge in [0.15, 0.2) is 0 Å². The minimum atomic E-state index is 0. The fourth-order valence-electron chi connectivity index (χ4n) is 1.52. The van der Waals surface area contributed by atoms with Crippen LogP contribution in [0.2, 0.25) is 0 Å². The van der Waals surface area contributed by atoms with E-state index in [9.17, 15) is 0 Å². The second-order valence-electron chi connectivity index (χ2n) is 4.18. The average Bonchev–Trinajstić information content (AvgIpc) is 2.72. The molecule has 0 unspecified atom stereocenters. The number of hydrogen-bond acceptors (Lipinski definition) is 4. The number of benzene rings is 1. The maximum atomic E-state index is 5.25. The Morgan fingerprint density at radius 3 is 2.58 bits per heavy atom. The molecule has 19 heavy (non-hydrogen) atoms. The molecule has 8 heteroatoms. The van der Waals surface area contributed by atoms with Gasteiger partial charge in [-0.25, -0.2) is 9.48 Å². The summed E-state index contributed by atoms with van der Waals surface area (Å²) < 4.78 is 1.79. The number of halogens is 1. The van der Waals surface area contributed by atoms with Gasteiger partial charge in [0.05, 0.1) is 28.2 Å². The predicted octanol–water partition coefficient (Wildman–Crippen LogP) is -3.01. The first-order valence-electron chi connectivity index (χ1n) is 5.46. The van der Waals surface area contributed by atoms with Crippen molar-refractivity contribution >= 4 is 17.1 Å². The van der Waals surface area contributed by atoms with Crippen molar-refractivity contribution in [3.63, 3.8) is 0 Å². The maximum absolute atomic E-state index is 5.25. The van der Waals surface area contributed by atoms with Gasteiger partial charge < -0.3 is 12.4 Å². The molecule has 0 N–H and O–H groups in total. The Morgan fingerprint density at radius 2 is 1.95 bits per heavy atom. The van der Waals surface area contributed by atoms with Gasteiger partial charge >= 0.3 is 6.02 Å². The SMILES string of the molecule is CN(C)C(OOn1nnc2ccccc21)=[N+](C)C.[Cl-]. The molecule has 0 aliphatic heterocycles. The van der Waals surface area contributed by atoms with Crippen LogP contribution in [0, 0.1) is 0 Å². The van der Waals surface area contributed by atoms with Crippen LogP contribution in [0.15, 0.2) is 24.3 Å². The summed E-state index contributed by atoms with van der Waals surface area (Å²) in [5, 5.41) is 7.81. The first-order valence-corrected chi connectivity index (χ1v) is 5.46. The van der Waals surface area contributed by atoms with E-state index in [0.717, 1.165) is 11.0 Å². The van der Waals surface area contributed by atoms with Crippen LogP contribution in [0.5, 0.6) is 0 Å². The molecule has 0 atom stereocenters. The van der Waals surface area contributed by atoms with Gasteiger partial charge in [-0.15, -0.1) is 5.10 Å². The standard InChI is InChI=1S/C11H16N5O2.ClH/c1-14(2)11(15(3)4)17-18-16-10-8-6-5-7-9(10)12-13-16;/h5-8H,1-4H3;1H/q+1;/p-1. The topological polar surface area (TPSA) is 55.4 Å². The van der Waals surface area contributed by atoms with Crippen molar-refractivity contribution in [3.8, 4) is 0 Å². The largest absolute Gasteiger partial charge is 1.00 e. The number of aromatic nitrogens is 3. The molecular formula is C11H16ClN5O2. The van der Waals surface area contributed by atoms with E-state index >= 15 is 0 Å². The molecule has 0 saturated carbocycles. The molecule has 2 aromatic rings. The molecule has 0 bridgehead atoms. The minimum absolute atomic E-state index is 0. The lowest BCUT2D eigenvalue weighted by Crippen LogP contribution is -3.00. The fourth-order valence-corrected chi connectivity index (χ4v) is 1.52. The summed E-state index contributed by atoms with van der Waals surface area (Å²) in [5.41, 5.74) is 1.49. The summed E-state index contributed by atoms with van der Waals surface area (Å²) in [7, 11) is 7.44. The monoisotopic (exact) mass is 285 g/mol. The third kappa shape index (κ3) is 3.25. The van der Waals surface area contributed by atoms with Gasteiger partial charge in [-0.3, -0.25) is 0 Å². The van der Waals surface area contributed by atoms with Crippen molar-refractivity contribution in [2.75, 3.05) is 28.2 Å². The average molecular weight is 286 g/mol. The molecule has 104 valence electrons. The molecule has 1 aromatic carbocycles. The van der Waals surface area contributed by atoms with E-state index in [1.165, 1.54) is 4.85 Å². The summed E-state index contributed by atoms with van der Waals surface area (Å²) in [6.07, 6.45) is 0. The highest BCUT2D eigenvalue weighted by molar-refractivity contribution is 5.73. The zero-order chi connectivity index (χ0) is 13.1. The zero-order valence-electron chi connectivity index (χ0n) is 11.2. The molecular weight excluding hydrogens is 270 g/mol. The second-order valence-corrected chi connectivity index (χ2v) is 4.18. The molecule has 7 nitrogen and oxygen atoms in total. The minimum Gasteiger partial charge on any atom is -1.00 e. The van der Waals surface area contributed by atoms with Crippen molar-refractivity contribution < 1.29 is 26.9 Å². The number of amidine groups is 1. The van der Waals surface area contributed by atoms with Crippen LogP contribution < -0.4 is 17.4 Å². The Balaban J connectivity index is 0.00000180. The Labute approximate surface area is 117 Å². The Bertz CT molecular complexity index is 577. The van der Waals surface area contributed by atoms with Crippen LogP contribution in [0.4, 0.5) is 0 Å². The highest BCUT2D eigenvalue weighted by atomic mass is 35.5. The van der Waals surface area contributed by atoms with Gasteiger partial charge in [0.1, 0.15) is 11.0 Å². The molecule has 2 rings (SSSR count). The summed E-state index contributed by atoms with van der Waals surface area (Å²) in [4.78, 5) is 13.4. The Kier molecular flexibility index (Phi) is 4.94. The lowest BCUT2D eigenvalue weighted by atomic mass is 10.3. The van der Waals surface area contributed by atoms with Crippen molar-refractivity contribution in [2.45, 2.75) is 0 Å². The van der Waals surface area contributed by atoms with Gasteiger partial charge in [-0.1, -0.05) is 12.1 Å². The molecule has 0 saturated heterocycles. The summed E-state index contributed by atoms with van der Waals surface area (Å²) >= 11 is 0. The number of nitrogens with zero attached hydrogens (tertiary/aromatic N) is 5. The van der Waals surface area contributed by atoms with E-state index < -0.39 is 0 Å². The summed E-state index contributed by atoms with van der Waals surface area (Å²) in [6.45, 7) is 0. The Hall–Kier alpha value is -2.02. The van der Waals surface area contributed by atoms with Crippen LogP contribution in [-0.2, 0) is 4.89 Å². The quantitative estimate of drug-likeness (QED) is 0.193. The van der Waals surface area contributed by atoms with Crippen LogP contribution in [-0.4, -0.2) is 58.8 Å². The molecule has 0 spiro atoms. The van der Waals surface area contributed by atoms with Crippen LogP contribution in [0.1, 0.15) is 0 Å². The highest BCUT2D eigenvalue weighted by Gasteiger charge is 2.16. The normalized spacial score (nSPS) is 9.68. The van der Waals surface area contributed by atoms with Gasteiger partial charge in [-0.05, 0) is 22.2 Å². The lowest BCUT2D eigenvalue weighted by molar-refractivity contribution is -0.493. The van der Waals surface area contributed by atoms with Gasteiger partial charge in [0.25, 0.3) is 0 Å². The van der Waals surface area contributed by atoms with E-state index in [-0.39, 0.29) is 12.4 Å². The molecule has 0 fully saturated rings. The zero-order valence-corrected chi connectivity index (χ0v) is 12.0. The van der Waals surface area contributed by atoms with E-state index in [1.807, 2.05) is 52.5 Å². The molecule has 0 aliphatic rings. The van der Waals surface area contributed by atoms with Crippen molar-refractivity contribution in [3.05, 3.63) is 24.3 Å².